The van der Waals surface area contributed by atoms with Crippen molar-refractivity contribution in [2.75, 3.05) is 5.32 Å². The Labute approximate surface area is 114 Å². The number of carbonyl (C=O) groups excluding carboxylic acids is 1. The first-order valence-corrected chi connectivity index (χ1v) is 6.44. The van der Waals surface area contributed by atoms with Crippen molar-refractivity contribution in [1.82, 2.24) is 0 Å². The highest BCUT2D eigenvalue weighted by Gasteiger charge is 2.11. The largest absolute Gasteiger partial charge is 0.322 e. The number of carbonyl (C=O) groups is 1. The van der Waals surface area contributed by atoms with Gasteiger partial charge in [0.15, 0.2) is 0 Å². The Kier molecular flexibility index (Phi) is 3.70. The number of anilines is 1. The Morgan fingerprint density at radius 1 is 0.947 bits per heavy atom. The monoisotopic (exact) mass is 253 g/mol. The first kappa shape index (κ1) is 13.3. The molecule has 2 heteroatoms. The molecular formula is C17H19NO. The predicted octanol–water partition coefficient (Wildman–Crippen LogP) is 4.17. The summed E-state index contributed by atoms with van der Waals surface area (Å²) in [5.74, 6) is -0.0464. The summed E-state index contributed by atoms with van der Waals surface area (Å²) in [6, 6.07) is 11.9. The van der Waals surface area contributed by atoms with Crippen molar-refractivity contribution in [2.45, 2.75) is 27.7 Å². The molecule has 2 aromatic carbocycles. The summed E-state index contributed by atoms with van der Waals surface area (Å²) in [6.45, 7) is 8.02. The minimum Gasteiger partial charge on any atom is -0.322 e. The van der Waals surface area contributed by atoms with Gasteiger partial charge in [0.2, 0.25) is 0 Å². The third kappa shape index (κ3) is 2.84. The van der Waals surface area contributed by atoms with E-state index >= 15 is 0 Å². The quantitative estimate of drug-likeness (QED) is 0.855. The zero-order chi connectivity index (χ0) is 14.0. The number of hydrogen-bond acceptors (Lipinski definition) is 1. The van der Waals surface area contributed by atoms with Gasteiger partial charge in [0.25, 0.3) is 5.91 Å². The highest BCUT2D eigenvalue weighted by Crippen LogP contribution is 2.20. The fourth-order valence-corrected chi connectivity index (χ4v) is 2.06. The van der Waals surface area contributed by atoms with Gasteiger partial charge in [0.1, 0.15) is 0 Å². The van der Waals surface area contributed by atoms with Gasteiger partial charge in [0, 0.05) is 11.3 Å². The van der Waals surface area contributed by atoms with Gasteiger partial charge in [-0.2, -0.15) is 0 Å². The molecule has 2 aromatic rings. The van der Waals surface area contributed by atoms with Crippen LogP contribution in [-0.2, 0) is 0 Å². The molecule has 2 nitrogen and oxygen atoms in total. The maximum atomic E-state index is 12.3. The number of rotatable bonds is 2. The summed E-state index contributed by atoms with van der Waals surface area (Å²) in [5, 5.41) is 3.00. The van der Waals surface area contributed by atoms with E-state index < -0.39 is 0 Å². The SMILES string of the molecule is Cc1ccc(C)c(C(=O)Nc2cccc(C)c2C)c1. The van der Waals surface area contributed by atoms with Crippen LogP contribution in [0.2, 0.25) is 0 Å². The third-order valence-electron chi connectivity index (χ3n) is 3.49. The van der Waals surface area contributed by atoms with Crippen LogP contribution in [0.15, 0.2) is 36.4 Å². The molecule has 0 aliphatic carbocycles. The van der Waals surface area contributed by atoms with Crippen molar-refractivity contribution in [2.24, 2.45) is 0 Å². The van der Waals surface area contributed by atoms with Crippen molar-refractivity contribution in [3.8, 4) is 0 Å². The molecule has 0 saturated heterocycles. The summed E-state index contributed by atoms with van der Waals surface area (Å²) >= 11 is 0. The number of aryl methyl sites for hydroxylation is 3. The fourth-order valence-electron chi connectivity index (χ4n) is 2.06. The van der Waals surface area contributed by atoms with E-state index in [9.17, 15) is 4.79 Å². The van der Waals surface area contributed by atoms with E-state index in [1.807, 2.05) is 64.1 Å². The van der Waals surface area contributed by atoms with Gasteiger partial charge in [-0.1, -0.05) is 29.8 Å². The van der Waals surface area contributed by atoms with E-state index in [0.717, 1.165) is 27.9 Å². The van der Waals surface area contributed by atoms with Crippen molar-refractivity contribution in [3.63, 3.8) is 0 Å². The highest BCUT2D eigenvalue weighted by atomic mass is 16.1. The molecule has 0 aliphatic heterocycles. The van der Waals surface area contributed by atoms with Crippen LogP contribution in [0.5, 0.6) is 0 Å². The van der Waals surface area contributed by atoms with Gasteiger partial charge in [-0.3, -0.25) is 4.79 Å². The second-order valence-corrected chi connectivity index (χ2v) is 5.02. The molecule has 1 N–H and O–H groups in total. The average molecular weight is 253 g/mol. The summed E-state index contributed by atoms with van der Waals surface area (Å²) in [6.07, 6.45) is 0. The lowest BCUT2D eigenvalue weighted by molar-refractivity contribution is 0.102. The van der Waals surface area contributed by atoms with Crippen LogP contribution >= 0.6 is 0 Å². The Bertz CT molecular complexity index is 629. The topological polar surface area (TPSA) is 29.1 Å². The van der Waals surface area contributed by atoms with Crippen LogP contribution in [0.3, 0.4) is 0 Å². The Balaban J connectivity index is 2.31. The Hall–Kier alpha value is -2.09. The fraction of sp³-hybridized carbons (Fsp3) is 0.235. The smallest absolute Gasteiger partial charge is 0.255 e. The van der Waals surface area contributed by atoms with Crippen molar-refractivity contribution >= 4 is 11.6 Å². The lowest BCUT2D eigenvalue weighted by atomic mass is 10.0. The zero-order valence-electron chi connectivity index (χ0n) is 11.9. The molecule has 2 rings (SSSR count). The third-order valence-corrected chi connectivity index (χ3v) is 3.49. The molecule has 0 aromatic heterocycles. The summed E-state index contributed by atoms with van der Waals surface area (Å²) in [4.78, 5) is 12.3. The molecule has 0 bridgehead atoms. The number of hydrogen-bond donors (Lipinski definition) is 1. The maximum absolute atomic E-state index is 12.3. The van der Waals surface area contributed by atoms with Crippen LogP contribution < -0.4 is 5.32 Å². The second kappa shape index (κ2) is 5.27. The maximum Gasteiger partial charge on any atom is 0.255 e. The van der Waals surface area contributed by atoms with Gasteiger partial charge in [-0.05, 0) is 56.5 Å². The van der Waals surface area contributed by atoms with E-state index in [-0.39, 0.29) is 5.91 Å². The van der Waals surface area contributed by atoms with Crippen LogP contribution in [0, 0.1) is 27.7 Å². The molecule has 0 radical (unpaired) electrons. The molecule has 0 atom stereocenters. The molecule has 0 heterocycles. The van der Waals surface area contributed by atoms with Crippen LogP contribution in [0.1, 0.15) is 32.6 Å². The first-order valence-electron chi connectivity index (χ1n) is 6.44. The second-order valence-electron chi connectivity index (χ2n) is 5.02. The number of amides is 1. The average Bonchev–Trinajstić information content (AvgIpc) is 2.38. The van der Waals surface area contributed by atoms with Crippen molar-refractivity contribution in [3.05, 3.63) is 64.2 Å². The van der Waals surface area contributed by atoms with E-state index in [2.05, 4.69) is 5.32 Å². The van der Waals surface area contributed by atoms with Gasteiger partial charge in [-0.15, -0.1) is 0 Å². The zero-order valence-corrected chi connectivity index (χ0v) is 11.9. The Morgan fingerprint density at radius 3 is 2.42 bits per heavy atom. The van der Waals surface area contributed by atoms with Crippen LogP contribution in [0.4, 0.5) is 5.69 Å². The van der Waals surface area contributed by atoms with Gasteiger partial charge >= 0.3 is 0 Å². The summed E-state index contributed by atoms with van der Waals surface area (Å²) < 4.78 is 0. The normalized spacial score (nSPS) is 10.3. The molecule has 0 spiro atoms. The van der Waals surface area contributed by atoms with Crippen molar-refractivity contribution in [1.29, 1.82) is 0 Å². The van der Waals surface area contributed by atoms with E-state index in [1.165, 1.54) is 5.56 Å². The molecule has 0 aliphatic rings. The Morgan fingerprint density at radius 2 is 1.68 bits per heavy atom. The summed E-state index contributed by atoms with van der Waals surface area (Å²) in [7, 11) is 0. The number of benzene rings is 2. The molecule has 0 fully saturated rings. The minimum absolute atomic E-state index is 0.0464. The molecule has 1 amide bonds. The minimum atomic E-state index is -0.0464. The van der Waals surface area contributed by atoms with Gasteiger partial charge < -0.3 is 5.32 Å². The number of nitrogens with one attached hydrogen (secondary N) is 1. The van der Waals surface area contributed by atoms with Gasteiger partial charge in [-0.25, -0.2) is 0 Å². The predicted molar refractivity (Wildman–Crippen MR) is 79.8 cm³/mol. The lowest BCUT2D eigenvalue weighted by Crippen LogP contribution is -2.14. The molecule has 98 valence electrons. The van der Waals surface area contributed by atoms with Crippen molar-refractivity contribution < 1.29 is 4.79 Å². The van der Waals surface area contributed by atoms with Gasteiger partial charge in [0.05, 0.1) is 0 Å². The van der Waals surface area contributed by atoms with Crippen LogP contribution in [0.25, 0.3) is 0 Å². The first-order chi connectivity index (χ1) is 8.99. The molecular weight excluding hydrogens is 234 g/mol. The molecule has 0 unspecified atom stereocenters. The van der Waals surface area contributed by atoms with E-state index in [0.29, 0.717) is 0 Å². The molecule has 0 saturated carbocycles. The van der Waals surface area contributed by atoms with Crippen LogP contribution in [-0.4, -0.2) is 5.91 Å². The summed E-state index contributed by atoms with van der Waals surface area (Å²) in [5.41, 5.74) is 6.00. The lowest BCUT2D eigenvalue weighted by Gasteiger charge is -2.12. The van der Waals surface area contributed by atoms with E-state index in [1.54, 1.807) is 0 Å². The standard InChI is InChI=1S/C17H19NO/c1-11-8-9-13(3)15(10-11)17(19)18-16-7-5-6-12(2)14(16)4/h5-10H,1-4H3,(H,18,19). The molecule has 19 heavy (non-hydrogen) atoms. The van der Waals surface area contributed by atoms with E-state index in [4.69, 9.17) is 0 Å². The highest BCUT2D eigenvalue weighted by molar-refractivity contribution is 6.05.